The summed E-state index contributed by atoms with van der Waals surface area (Å²) in [6.07, 6.45) is 2.28. The fourth-order valence-corrected chi connectivity index (χ4v) is 3.78. The number of benzene rings is 2. The van der Waals surface area contributed by atoms with E-state index in [4.69, 9.17) is 16.3 Å². The van der Waals surface area contributed by atoms with E-state index < -0.39 is 0 Å². The van der Waals surface area contributed by atoms with E-state index in [1.807, 2.05) is 19.1 Å². The van der Waals surface area contributed by atoms with E-state index in [0.717, 1.165) is 43.2 Å². The molecule has 160 valence electrons. The lowest BCUT2D eigenvalue weighted by molar-refractivity contribution is -0.122. The Kier molecular flexibility index (Phi) is 8.29. The zero-order valence-electron chi connectivity index (χ0n) is 17.4. The van der Waals surface area contributed by atoms with E-state index in [1.165, 1.54) is 5.56 Å². The van der Waals surface area contributed by atoms with Gasteiger partial charge >= 0.3 is 0 Å². The van der Waals surface area contributed by atoms with Crippen LogP contribution in [0.4, 0.5) is 0 Å². The van der Waals surface area contributed by atoms with Gasteiger partial charge in [-0.05, 0) is 61.7 Å². The molecule has 1 aliphatic rings. The molecule has 0 radical (unpaired) electrons. The number of hydrogen-bond donors (Lipinski definition) is 1. The summed E-state index contributed by atoms with van der Waals surface area (Å²) < 4.78 is 5.38. The highest BCUT2D eigenvalue weighted by molar-refractivity contribution is 6.30. The zero-order chi connectivity index (χ0) is 21.3. The fourth-order valence-electron chi connectivity index (χ4n) is 3.66. The zero-order valence-corrected chi connectivity index (χ0v) is 18.2. The number of amides is 1. The van der Waals surface area contributed by atoms with Crippen LogP contribution in [0.3, 0.4) is 0 Å². The van der Waals surface area contributed by atoms with E-state index in [1.54, 1.807) is 24.3 Å². The molecule has 3 rings (SSSR count). The second kappa shape index (κ2) is 11.1. The molecule has 0 spiro atoms. The van der Waals surface area contributed by atoms with Crippen LogP contribution in [0.5, 0.6) is 5.75 Å². The van der Waals surface area contributed by atoms with Crippen LogP contribution in [0.1, 0.15) is 48.5 Å². The summed E-state index contributed by atoms with van der Waals surface area (Å²) in [6, 6.07) is 15.2. The van der Waals surface area contributed by atoms with E-state index >= 15 is 0 Å². The molecule has 2 aromatic carbocycles. The van der Waals surface area contributed by atoms with Crippen LogP contribution in [0.2, 0.25) is 5.02 Å². The average Bonchev–Trinajstić information content (AvgIpc) is 2.76. The lowest BCUT2D eigenvalue weighted by atomic mass is 10.0. The largest absolute Gasteiger partial charge is 0.494 e. The minimum Gasteiger partial charge on any atom is -0.494 e. The molecule has 6 heteroatoms. The predicted molar refractivity (Wildman–Crippen MR) is 119 cm³/mol. The summed E-state index contributed by atoms with van der Waals surface area (Å²) in [5.41, 5.74) is 1.86. The molecule has 1 saturated heterocycles. The van der Waals surface area contributed by atoms with Gasteiger partial charge in [-0.3, -0.25) is 14.5 Å². The van der Waals surface area contributed by atoms with Crippen molar-refractivity contribution < 1.29 is 14.3 Å². The van der Waals surface area contributed by atoms with Crippen molar-refractivity contribution in [1.29, 1.82) is 0 Å². The highest BCUT2D eigenvalue weighted by atomic mass is 35.5. The van der Waals surface area contributed by atoms with Crippen molar-refractivity contribution in [2.24, 2.45) is 0 Å². The van der Waals surface area contributed by atoms with Gasteiger partial charge < -0.3 is 10.1 Å². The molecule has 0 bridgehead atoms. The van der Waals surface area contributed by atoms with Crippen molar-refractivity contribution >= 4 is 23.3 Å². The molecular weight excluding hydrogens is 400 g/mol. The smallest absolute Gasteiger partial charge is 0.220 e. The lowest BCUT2D eigenvalue weighted by Gasteiger charge is -2.32. The first-order valence-electron chi connectivity index (χ1n) is 10.6. The maximum Gasteiger partial charge on any atom is 0.220 e. The Morgan fingerprint density at radius 2 is 1.70 bits per heavy atom. The molecule has 5 nitrogen and oxygen atoms in total. The van der Waals surface area contributed by atoms with Gasteiger partial charge in [0.05, 0.1) is 6.61 Å². The Hall–Kier alpha value is -2.37. The normalized spacial score (nSPS) is 15.0. The summed E-state index contributed by atoms with van der Waals surface area (Å²) >= 11 is 5.94. The molecule has 0 unspecified atom stereocenters. The van der Waals surface area contributed by atoms with Gasteiger partial charge in [0.2, 0.25) is 5.91 Å². The molecule has 1 heterocycles. The molecular formula is C24H29ClN2O3. The number of piperidine rings is 1. The number of hydrogen-bond acceptors (Lipinski definition) is 4. The highest BCUT2D eigenvalue weighted by Gasteiger charge is 2.21. The number of nitrogens with zero attached hydrogens (tertiary/aromatic N) is 1. The molecule has 2 aromatic rings. The van der Waals surface area contributed by atoms with Gasteiger partial charge in [0.25, 0.3) is 0 Å². The van der Waals surface area contributed by atoms with E-state index in [2.05, 4.69) is 22.3 Å². The Labute approximate surface area is 183 Å². The first-order chi connectivity index (χ1) is 14.5. The van der Waals surface area contributed by atoms with Crippen molar-refractivity contribution in [2.45, 2.75) is 45.2 Å². The number of halogens is 1. The summed E-state index contributed by atoms with van der Waals surface area (Å²) in [5.74, 6) is 0.672. The van der Waals surface area contributed by atoms with Crippen LogP contribution in [0.15, 0.2) is 48.5 Å². The van der Waals surface area contributed by atoms with E-state index in [9.17, 15) is 9.59 Å². The van der Waals surface area contributed by atoms with Gasteiger partial charge in [-0.25, -0.2) is 0 Å². The molecule has 1 N–H and O–H groups in total. The van der Waals surface area contributed by atoms with Crippen LogP contribution >= 0.6 is 11.6 Å². The number of rotatable bonds is 9. The molecule has 1 fully saturated rings. The minimum absolute atomic E-state index is 0.0222. The highest BCUT2D eigenvalue weighted by Crippen LogP contribution is 2.17. The van der Waals surface area contributed by atoms with E-state index in [0.29, 0.717) is 12.2 Å². The van der Waals surface area contributed by atoms with Crippen LogP contribution in [0, 0.1) is 0 Å². The minimum atomic E-state index is -0.0505. The Bertz CT molecular complexity index is 829. The third kappa shape index (κ3) is 6.85. The summed E-state index contributed by atoms with van der Waals surface area (Å²) in [6.45, 7) is 5.29. The number of likely N-dealkylation sites (tertiary alicyclic amines) is 1. The number of ketones is 1. The number of carbonyl (C=O) groups excluding carboxylic acids is 2. The Balaban J connectivity index is 1.36. The van der Waals surface area contributed by atoms with Gasteiger partial charge in [-0.2, -0.15) is 0 Å². The van der Waals surface area contributed by atoms with Gasteiger partial charge in [-0.15, -0.1) is 0 Å². The van der Waals surface area contributed by atoms with Gasteiger partial charge in [0.1, 0.15) is 5.75 Å². The predicted octanol–water partition coefficient (Wildman–Crippen LogP) is 4.48. The molecule has 0 saturated carbocycles. The quantitative estimate of drug-likeness (QED) is 0.598. The SMILES string of the molecule is CCOc1ccc(C(=O)CCC(=O)NC2CCN(Cc3ccc(Cl)cc3)CC2)cc1. The van der Waals surface area contributed by atoms with Crippen LogP contribution < -0.4 is 10.1 Å². The van der Waals surface area contributed by atoms with E-state index in [-0.39, 0.29) is 30.6 Å². The first kappa shape index (κ1) is 22.3. The van der Waals surface area contributed by atoms with Crippen LogP contribution in [0.25, 0.3) is 0 Å². The molecule has 0 aromatic heterocycles. The van der Waals surface area contributed by atoms with Crippen LogP contribution in [-0.2, 0) is 11.3 Å². The second-order valence-electron chi connectivity index (χ2n) is 7.62. The van der Waals surface area contributed by atoms with Crippen molar-refractivity contribution in [3.05, 3.63) is 64.7 Å². The summed E-state index contributed by atoms with van der Waals surface area (Å²) in [5, 5.41) is 3.84. The third-order valence-electron chi connectivity index (χ3n) is 5.34. The van der Waals surface area contributed by atoms with Gasteiger partial charge in [0.15, 0.2) is 5.78 Å². The summed E-state index contributed by atoms with van der Waals surface area (Å²) in [7, 11) is 0. The van der Waals surface area contributed by atoms with Crippen molar-refractivity contribution in [3.8, 4) is 5.75 Å². The van der Waals surface area contributed by atoms with Gasteiger partial charge in [0, 0.05) is 49.1 Å². The van der Waals surface area contributed by atoms with Gasteiger partial charge in [-0.1, -0.05) is 23.7 Å². The topological polar surface area (TPSA) is 58.6 Å². The standard InChI is InChI=1S/C24H29ClN2O3/c1-2-30-22-9-5-19(6-10-22)23(28)11-12-24(29)26-21-13-15-27(16-14-21)17-18-3-7-20(25)8-4-18/h3-10,21H,2,11-17H2,1H3,(H,26,29). The summed E-state index contributed by atoms with van der Waals surface area (Å²) in [4.78, 5) is 27.0. The first-order valence-corrected chi connectivity index (χ1v) is 10.9. The second-order valence-corrected chi connectivity index (χ2v) is 8.06. The molecule has 1 aliphatic heterocycles. The van der Waals surface area contributed by atoms with Crippen molar-refractivity contribution in [3.63, 3.8) is 0 Å². The monoisotopic (exact) mass is 428 g/mol. The van der Waals surface area contributed by atoms with Crippen LogP contribution in [-0.4, -0.2) is 42.3 Å². The molecule has 1 amide bonds. The maximum atomic E-state index is 12.3. The average molecular weight is 429 g/mol. The molecule has 0 aliphatic carbocycles. The lowest BCUT2D eigenvalue weighted by Crippen LogP contribution is -2.44. The molecule has 0 atom stereocenters. The third-order valence-corrected chi connectivity index (χ3v) is 5.59. The number of ether oxygens (including phenoxy) is 1. The maximum absolute atomic E-state index is 12.3. The Morgan fingerprint density at radius 3 is 2.33 bits per heavy atom. The van der Waals surface area contributed by atoms with Crippen molar-refractivity contribution in [1.82, 2.24) is 10.2 Å². The number of carbonyl (C=O) groups is 2. The number of Topliss-reactive ketones (excluding diaryl/α,β-unsaturated/α-hetero) is 1. The number of nitrogens with one attached hydrogen (secondary N) is 1. The Morgan fingerprint density at radius 1 is 1.03 bits per heavy atom. The van der Waals surface area contributed by atoms with Crippen molar-refractivity contribution in [2.75, 3.05) is 19.7 Å². The molecule has 30 heavy (non-hydrogen) atoms. The fraction of sp³-hybridized carbons (Fsp3) is 0.417.